The highest BCUT2D eigenvalue weighted by molar-refractivity contribution is 9.10. The molecule has 0 bridgehead atoms. The molecule has 0 N–H and O–H groups in total. The molecule has 0 atom stereocenters. The maximum atomic E-state index is 12.7. The number of halogens is 1. The number of pyridine rings is 1. The highest BCUT2D eigenvalue weighted by atomic mass is 79.9. The molecule has 0 amide bonds. The van der Waals surface area contributed by atoms with Crippen LogP contribution in [-0.4, -0.2) is 56.6 Å². The number of sulfonamides is 2. The van der Waals surface area contributed by atoms with Gasteiger partial charge in [-0.2, -0.15) is 8.61 Å². The number of hydrogen-bond donors (Lipinski definition) is 0. The van der Waals surface area contributed by atoms with Gasteiger partial charge in [0.2, 0.25) is 20.0 Å². The third-order valence-corrected chi connectivity index (χ3v) is 8.24. The van der Waals surface area contributed by atoms with Crippen molar-refractivity contribution in [3.8, 4) is 0 Å². The number of hydrogen-bond acceptors (Lipinski definition) is 5. The minimum atomic E-state index is -3.66. The Balaban J connectivity index is 1.75. The fourth-order valence-corrected chi connectivity index (χ4v) is 5.63. The van der Waals surface area contributed by atoms with E-state index in [1.807, 2.05) is 0 Å². The average Bonchev–Trinajstić information content (AvgIpc) is 2.63. The van der Waals surface area contributed by atoms with Crippen LogP contribution in [0.25, 0.3) is 0 Å². The molecule has 1 saturated heterocycles. The van der Waals surface area contributed by atoms with Gasteiger partial charge < -0.3 is 0 Å². The lowest BCUT2D eigenvalue weighted by Crippen LogP contribution is -2.50. The SMILES string of the molecule is O=S(=O)(c1ccc(Br)cc1)N1CCN(S(=O)(=O)c2cccnc2)CC1. The molecule has 0 unspecified atom stereocenters. The minimum Gasteiger partial charge on any atom is -0.263 e. The van der Waals surface area contributed by atoms with Crippen LogP contribution in [0.15, 0.2) is 63.1 Å². The Labute approximate surface area is 155 Å². The van der Waals surface area contributed by atoms with Crippen LogP contribution in [0.3, 0.4) is 0 Å². The van der Waals surface area contributed by atoms with E-state index in [9.17, 15) is 16.8 Å². The summed E-state index contributed by atoms with van der Waals surface area (Å²) in [5.41, 5.74) is 0. The molecule has 10 heteroatoms. The van der Waals surface area contributed by atoms with Gasteiger partial charge >= 0.3 is 0 Å². The van der Waals surface area contributed by atoms with Crippen LogP contribution in [0, 0.1) is 0 Å². The predicted molar refractivity (Wildman–Crippen MR) is 95.9 cm³/mol. The number of piperazine rings is 1. The first-order chi connectivity index (χ1) is 11.8. The van der Waals surface area contributed by atoms with E-state index in [1.165, 1.54) is 39.2 Å². The fourth-order valence-electron chi connectivity index (χ4n) is 2.55. The predicted octanol–water partition coefficient (Wildman–Crippen LogP) is 1.54. The van der Waals surface area contributed by atoms with Crippen LogP contribution in [0.2, 0.25) is 0 Å². The summed E-state index contributed by atoms with van der Waals surface area (Å²) >= 11 is 3.27. The average molecular weight is 446 g/mol. The molecule has 2 aromatic rings. The Kier molecular flexibility index (Phi) is 5.26. The molecule has 7 nitrogen and oxygen atoms in total. The molecule has 0 aliphatic carbocycles. The molecule has 134 valence electrons. The minimum absolute atomic E-state index is 0.104. The van der Waals surface area contributed by atoms with Gasteiger partial charge in [0.05, 0.1) is 4.90 Å². The summed E-state index contributed by atoms with van der Waals surface area (Å²) in [5, 5.41) is 0. The summed E-state index contributed by atoms with van der Waals surface area (Å²) in [5.74, 6) is 0. The van der Waals surface area contributed by atoms with E-state index in [-0.39, 0.29) is 36.0 Å². The van der Waals surface area contributed by atoms with Crippen molar-refractivity contribution < 1.29 is 16.8 Å². The lowest BCUT2D eigenvalue weighted by molar-refractivity contribution is 0.273. The summed E-state index contributed by atoms with van der Waals surface area (Å²) in [6.07, 6.45) is 2.79. The summed E-state index contributed by atoms with van der Waals surface area (Å²) < 4.78 is 53.8. The van der Waals surface area contributed by atoms with Crippen molar-refractivity contribution in [1.82, 2.24) is 13.6 Å². The monoisotopic (exact) mass is 445 g/mol. The van der Waals surface area contributed by atoms with Crippen molar-refractivity contribution in [2.24, 2.45) is 0 Å². The quantitative estimate of drug-likeness (QED) is 0.711. The zero-order valence-electron chi connectivity index (χ0n) is 13.1. The van der Waals surface area contributed by atoms with Crippen LogP contribution in [0.5, 0.6) is 0 Å². The van der Waals surface area contributed by atoms with Crippen LogP contribution in [-0.2, 0) is 20.0 Å². The third kappa shape index (κ3) is 3.77. The Bertz CT molecular complexity index is 940. The molecule has 0 saturated carbocycles. The summed E-state index contributed by atoms with van der Waals surface area (Å²) in [7, 11) is -7.29. The van der Waals surface area contributed by atoms with E-state index in [1.54, 1.807) is 18.2 Å². The highest BCUT2D eigenvalue weighted by Crippen LogP contribution is 2.22. The first kappa shape index (κ1) is 18.5. The summed E-state index contributed by atoms with van der Waals surface area (Å²) in [6.45, 7) is 0.426. The van der Waals surface area contributed by atoms with Crippen molar-refractivity contribution >= 4 is 36.0 Å². The molecule has 0 spiro atoms. The summed E-state index contributed by atoms with van der Waals surface area (Å²) in [4.78, 5) is 4.13. The second-order valence-corrected chi connectivity index (χ2v) is 10.2. The molecule has 25 heavy (non-hydrogen) atoms. The van der Waals surface area contributed by atoms with E-state index in [2.05, 4.69) is 20.9 Å². The van der Waals surface area contributed by atoms with Crippen molar-refractivity contribution in [2.75, 3.05) is 26.2 Å². The zero-order valence-corrected chi connectivity index (χ0v) is 16.3. The first-order valence-corrected chi connectivity index (χ1v) is 11.1. The third-order valence-electron chi connectivity index (χ3n) is 3.92. The highest BCUT2D eigenvalue weighted by Gasteiger charge is 2.33. The Morgan fingerprint density at radius 1 is 0.800 bits per heavy atom. The smallest absolute Gasteiger partial charge is 0.244 e. The van der Waals surface area contributed by atoms with Crippen molar-refractivity contribution in [2.45, 2.75) is 9.79 Å². The fraction of sp³-hybridized carbons (Fsp3) is 0.267. The van der Waals surface area contributed by atoms with Gasteiger partial charge in [-0.1, -0.05) is 15.9 Å². The van der Waals surface area contributed by atoms with E-state index in [0.717, 1.165) is 4.47 Å². The normalized spacial score (nSPS) is 17.5. The van der Waals surface area contributed by atoms with E-state index < -0.39 is 20.0 Å². The van der Waals surface area contributed by atoms with Crippen molar-refractivity contribution in [3.63, 3.8) is 0 Å². The second kappa shape index (κ2) is 7.12. The standard InChI is InChI=1S/C15H16BrN3O4S2/c16-13-3-5-14(6-4-13)24(20,21)18-8-10-19(11-9-18)25(22,23)15-2-1-7-17-12-15/h1-7,12H,8-11H2. The van der Waals surface area contributed by atoms with E-state index >= 15 is 0 Å². The Morgan fingerprint density at radius 2 is 1.32 bits per heavy atom. The van der Waals surface area contributed by atoms with E-state index in [4.69, 9.17) is 0 Å². The number of nitrogens with zero attached hydrogens (tertiary/aromatic N) is 3. The maximum Gasteiger partial charge on any atom is 0.244 e. The molecule has 2 heterocycles. The van der Waals surface area contributed by atoms with Gasteiger partial charge in [-0.25, -0.2) is 16.8 Å². The molecular weight excluding hydrogens is 430 g/mol. The van der Waals surface area contributed by atoms with Gasteiger partial charge in [-0.05, 0) is 36.4 Å². The molecule has 1 aromatic heterocycles. The van der Waals surface area contributed by atoms with Gasteiger partial charge in [-0.3, -0.25) is 4.98 Å². The molecular formula is C15H16BrN3O4S2. The number of aromatic nitrogens is 1. The van der Waals surface area contributed by atoms with Crippen LogP contribution in [0.4, 0.5) is 0 Å². The lowest BCUT2D eigenvalue weighted by Gasteiger charge is -2.33. The van der Waals surface area contributed by atoms with Crippen LogP contribution in [0.1, 0.15) is 0 Å². The van der Waals surface area contributed by atoms with Crippen LogP contribution >= 0.6 is 15.9 Å². The largest absolute Gasteiger partial charge is 0.263 e. The van der Waals surface area contributed by atoms with Crippen molar-refractivity contribution in [3.05, 3.63) is 53.3 Å². The topological polar surface area (TPSA) is 87.7 Å². The molecule has 1 fully saturated rings. The summed E-state index contributed by atoms with van der Waals surface area (Å²) in [6, 6.07) is 9.41. The molecule has 1 aromatic carbocycles. The van der Waals surface area contributed by atoms with Gasteiger partial charge in [-0.15, -0.1) is 0 Å². The van der Waals surface area contributed by atoms with Gasteiger partial charge in [0, 0.05) is 43.0 Å². The van der Waals surface area contributed by atoms with E-state index in [0.29, 0.717) is 0 Å². The Hall–Kier alpha value is -1.33. The van der Waals surface area contributed by atoms with Gasteiger partial charge in [0.15, 0.2) is 0 Å². The number of rotatable bonds is 4. The Morgan fingerprint density at radius 3 is 1.80 bits per heavy atom. The zero-order chi connectivity index (χ0) is 18.1. The van der Waals surface area contributed by atoms with Gasteiger partial charge in [0.25, 0.3) is 0 Å². The number of benzene rings is 1. The molecule has 0 radical (unpaired) electrons. The first-order valence-electron chi connectivity index (χ1n) is 7.48. The van der Waals surface area contributed by atoms with Crippen LogP contribution < -0.4 is 0 Å². The lowest BCUT2D eigenvalue weighted by atomic mass is 10.4. The van der Waals surface area contributed by atoms with Gasteiger partial charge in [0.1, 0.15) is 4.90 Å². The second-order valence-electron chi connectivity index (χ2n) is 5.45. The van der Waals surface area contributed by atoms with Crippen molar-refractivity contribution in [1.29, 1.82) is 0 Å². The molecule has 3 rings (SSSR count). The maximum absolute atomic E-state index is 12.7. The molecule has 1 aliphatic heterocycles. The molecule has 1 aliphatic rings.